The first-order valence-corrected chi connectivity index (χ1v) is 9.11. The zero-order valence-corrected chi connectivity index (χ0v) is 13.8. The van der Waals surface area contributed by atoms with Crippen molar-refractivity contribution in [2.45, 2.75) is 77.1 Å². The predicted octanol–water partition coefficient (Wildman–Crippen LogP) is 2.64. The highest BCUT2D eigenvalue weighted by Crippen LogP contribution is 2.64. The van der Waals surface area contributed by atoms with Crippen molar-refractivity contribution in [2.24, 2.45) is 28.6 Å². The van der Waals surface area contributed by atoms with E-state index in [1.54, 1.807) is 0 Å². The summed E-state index contributed by atoms with van der Waals surface area (Å²) >= 11 is 0. The quantitative estimate of drug-likeness (QED) is 0.603. The summed E-state index contributed by atoms with van der Waals surface area (Å²) in [6.45, 7) is 4.60. The van der Waals surface area contributed by atoms with E-state index >= 15 is 0 Å². The first-order chi connectivity index (χ1) is 10.4. The average molecular weight is 306 g/mol. The molecule has 0 saturated heterocycles. The van der Waals surface area contributed by atoms with Gasteiger partial charge in [-0.3, -0.25) is 0 Å². The molecule has 3 fully saturated rings. The fourth-order valence-corrected chi connectivity index (χ4v) is 6.60. The van der Waals surface area contributed by atoms with Crippen LogP contribution in [-0.2, 0) is 0 Å². The summed E-state index contributed by atoms with van der Waals surface area (Å²) in [7, 11) is 0. The molecule has 0 aromatic rings. The maximum atomic E-state index is 10.9. The van der Waals surface area contributed by atoms with E-state index in [9.17, 15) is 15.3 Å². The van der Waals surface area contributed by atoms with Gasteiger partial charge in [-0.2, -0.15) is 0 Å². The van der Waals surface area contributed by atoms with Gasteiger partial charge in [0, 0.05) is 0 Å². The van der Waals surface area contributed by atoms with Crippen molar-refractivity contribution in [3.05, 3.63) is 11.6 Å². The van der Waals surface area contributed by atoms with Gasteiger partial charge in [-0.05, 0) is 73.5 Å². The van der Waals surface area contributed by atoms with Crippen LogP contribution >= 0.6 is 0 Å². The van der Waals surface area contributed by atoms with E-state index < -0.39 is 6.10 Å². The number of hydrogen-bond acceptors (Lipinski definition) is 3. The van der Waals surface area contributed by atoms with E-state index in [1.807, 2.05) is 0 Å². The monoisotopic (exact) mass is 306 g/mol. The molecule has 22 heavy (non-hydrogen) atoms. The number of aliphatic hydroxyl groups is 3. The van der Waals surface area contributed by atoms with Gasteiger partial charge < -0.3 is 15.3 Å². The second-order valence-electron chi connectivity index (χ2n) is 8.92. The van der Waals surface area contributed by atoms with Crippen molar-refractivity contribution in [3.8, 4) is 0 Å². The van der Waals surface area contributed by atoms with Gasteiger partial charge in [0.05, 0.1) is 18.3 Å². The Labute approximate surface area is 133 Å². The molecular formula is C19H30O3. The van der Waals surface area contributed by atoms with Crippen molar-refractivity contribution >= 4 is 0 Å². The molecule has 3 N–H and O–H groups in total. The minimum Gasteiger partial charge on any atom is -0.393 e. The van der Waals surface area contributed by atoms with Crippen LogP contribution in [0.1, 0.15) is 58.8 Å². The van der Waals surface area contributed by atoms with Crippen LogP contribution in [0.3, 0.4) is 0 Å². The standard InChI is InChI=1S/C19H30O3/c1-18-7-5-12(20)9-11(18)10-15(21)17-13-3-4-16(22)19(13,2)8-6-14(17)18/h10,12-17,20-22H,3-9H2,1-2H3/t12-,13-,14-,15+,16-,17-,18-,19-/m0/s1. The number of aliphatic hydroxyl groups excluding tert-OH is 3. The van der Waals surface area contributed by atoms with Crippen molar-refractivity contribution in [1.29, 1.82) is 0 Å². The second kappa shape index (κ2) is 4.81. The summed E-state index contributed by atoms with van der Waals surface area (Å²) in [4.78, 5) is 0. The lowest BCUT2D eigenvalue weighted by Crippen LogP contribution is -2.55. The summed E-state index contributed by atoms with van der Waals surface area (Å²) in [6.07, 6.45) is 8.05. The number of rotatable bonds is 0. The van der Waals surface area contributed by atoms with Crippen molar-refractivity contribution in [1.82, 2.24) is 0 Å². The van der Waals surface area contributed by atoms with Gasteiger partial charge in [0.25, 0.3) is 0 Å². The molecule has 4 rings (SSSR count). The highest BCUT2D eigenvalue weighted by atomic mass is 16.3. The Hall–Kier alpha value is -0.380. The maximum Gasteiger partial charge on any atom is 0.0757 e. The van der Waals surface area contributed by atoms with Gasteiger partial charge in [0.2, 0.25) is 0 Å². The van der Waals surface area contributed by atoms with Crippen LogP contribution in [0.25, 0.3) is 0 Å². The SMILES string of the molecule is C[C@]12CC[C@H]3[C@@H]([C@H](O)C=C4C[C@@H](O)CC[C@@]43C)[C@@H]1CC[C@@H]2O. The largest absolute Gasteiger partial charge is 0.393 e. The third kappa shape index (κ3) is 1.85. The van der Waals surface area contributed by atoms with Crippen molar-refractivity contribution < 1.29 is 15.3 Å². The molecule has 0 aromatic heterocycles. The van der Waals surface area contributed by atoms with Gasteiger partial charge in [-0.15, -0.1) is 0 Å². The normalized spacial score (nSPS) is 57.6. The molecule has 0 aliphatic heterocycles. The van der Waals surface area contributed by atoms with Crippen LogP contribution in [0.2, 0.25) is 0 Å². The summed E-state index contributed by atoms with van der Waals surface area (Å²) in [6, 6.07) is 0. The van der Waals surface area contributed by atoms with E-state index in [0.717, 1.165) is 44.9 Å². The first kappa shape index (κ1) is 15.2. The second-order valence-corrected chi connectivity index (χ2v) is 8.92. The fourth-order valence-electron chi connectivity index (χ4n) is 6.60. The van der Waals surface area contributed by atoms with Gasteiger partial charge in [0.1, 0.15) is 0 Å². The first-order valence-electron chi connectivity index (χ1n) is 9.11. The Bertz CT molecular complexity index is 501. The van der Waals surface area contributed by atoms with Crippen LogP contribution in [0.15, 0.2) is 11.6 Å². The highest BCUT2D eigenvalue weighted by molar-refractivity contribution is 5.27. The lowest BCUT2D eigenvalue weighted by atomic mass is 9.47. The lowest BCUT2D eigenvalue weighted by molar-refractivity contribution is -0.105. The zero-order chi connectivity index (χ0) is 15.7. The molecule has 0 bridgehead atoms. The lowest BCUT2D eigenvalue weighted by Gasteiger charge is -2.58. The Balaban J connectivity index is 1.73. The molecule has 3 saturated carbocycles. The molecule has 4 aliphatic carbocycles. The van der Waals surface area contributed by atoms with E-state index in [0.29, 0.717) is 17.8 Å². The third-order valence-corrected chi connectivity index (χ3v) is 8.05. The summed E-state index contributed by atoms with van der Waals surface area (Å²) < 4.78 is 0. The molecule has 0 heterocycles. The fraction of sp³-hybridized carbons (Fsp3) is 0.895. The number of hydrogen-bond donors (Lipinski definition) is 3. The van der Waals surface area contributed by atoms with Gasteiger partial charge in [0.15, 0.2) is 0 Å². The zero-order valence-electron chi connectivity index (χ0n) is 13.8. The van der Waals surface area contributed by atoms with Crippen LogP contribution in [0.5, 0.6) is 0 Å². The van der Waals surface area contributed by atoms with E-state index in [2.05, 4.69) is 19.9 Å². The Morgan fingerprint density at radius 3 is 2.50 bits per heavy atom. The topological polar surface area (TPSA) is 60.7 Å². The molecule has 4 aliphatic rings. The molecule has 3 heteroatoms. The van der Waals surface area contributed by atoms with Crippen molar-refractivity contribution in [3.63, 3.8) is 0 Å². The minimum absolute atomic E-state index is 0.00195. The van der Waals surface area contributed by atoms with Gasteiger partial charge >= 0.3 is 0 Å². The predicted molar refractivity (Wildman–Crippen MR) is 85.1 cm³/mol. The van der Waals surface area contributed by atoms with Crippen LogP contribution < -0.4 is 0 Å². The summed E-state index contributed by atoms with van der Waals surface area (Å²) in [5.41, 5.74) is 1.44. The van der Waals surface area contributed by atoms with E-state index in [4.69, 9.17) is 0 Å². The molecule has 0 unspecified atom stereocenters. The molecule has 0 spiro atoms. The highest BCUT2D eigenvalue weighted by Gasteiger charge is 2.60. The Morgan fingerprint density at radius 1 is 0.955 bits per heavy atom. The molecule has 8 atom stereocenters. The Morgan fingerprint density at radius 2 is 1.73 bits per heavy atom. The van der Waals surface area contributed by atoms with Crippen LogP contribution in [0, 0.1) is 28.6 Å². The summed E-state index contributed by atoms with van der Waals surface area (Å²) in [5.74, 6) is 1.25. The molecule has 0 radical (unpaired) electrons. The third-order valence-electron chi connectivity index (χ3n) is 8.05. The molecule has 0 amide bonds. The van der Waals surface area contributed by atoms with Gasteiger partial charge in [-0.1, -0.05) is 25.5 Å². The van der Waals surface area contributed by atoms with Gasteiger partial charge in [-0.25, -0.2) is 0 Å². The molecule has 0 aromatic carbocycles. The van der Waals surface area contributed by atoms with Crippen molar-refractivity contribution in [2.75, 3.05) is 0 Å². The molecule has 3 nitrogen and oxygen atoms in total. The number of fused-ring (bicyclic) bond motifs is 5. The molecule has 124 valence electrons. The smallest absolute Gasteiger partial charge is 0.0757 e. The maximum absolute atomic E-state index is 10.9. The summed E-state index contributed by atoms with van der Waals surface area (Å²) in [5, 5.41) is 31.3. The minimum atomic E-state index is -0.395. The van der Waals surface area contributed by atoms with E-state index in [1.165, 1.54) is 5.57 Å². The molecular weight excluding hydrogens is 276 g/mol. The average Bonchev–Trinajstić information content (AvgIpc) is 2.77. The van der Waals surface area contributed by atoms with Crippen LogP contribution in [0.4, 0.5) is 0 Å². The Kier molecular flexibility index (Phi) is 3.32. The van der Waals surface area contributed by atoms with Crippen LogP contribution in [-0.4, -0.2) is 33.6 Å². The van der Waals surface area contributed by atoms with E-state index in [-0.39, 0.29) is 23.0 Å².